The van der Waals surface area contributed by atoms with Gasteiger partial charge in [0.15, 0.2) is 5.82 Å². The summed E-state index contributed by atoms with van der Waals surface area (Å²) in [6.07, 6.45) is 1.90. The fourth-order valence-corrected chi connectivity index (χ4v) is 5.44. The van der Waals surface area contributed by atoms with Crippen molar-refractivity contribution < 1.29 is 4.74 Å². The van der Waals surface area contributed by atoms with Crippen LogP contribution in [0.5, 0.6) is 5.75 Å². The second-order valence-corrected chi connectivity index (χ2v) is 9.90. The first-order valence-corrected chi connectivity index (χ1v) is 13.9. The molecule has 5 aromatic carbocycles. The molecule has 0 N–H and O–H groups in total. The summed E-state index contributed by atoms with van der Waals surface area (Å²) in [6, 6.07) is 49.5. The molecule has 0 unspecified atom stereocenters. The Balaban J connectivity index is 1.63. The zero-order chi connectivity index (χ0) is 28.3. The number of hydrogen-bond acceptors (Lipinski definition) is 3. The predicted molar refractivity (Wildman–Crippen MR) is 169 cm³/mol. The Morgan fingerprint density at radius 3 is 1.55 bits per heavy atom. The van der Waals surface area contributed by atoms with E-state index in [9.17, 15) is 0 Å². The SMILES string of the molecule is COc1ccccc1-c1nc(-c2ccccc2)c(-c2ccccc2)n1-n1cnc(-c2ccccc2)c1-c1ccccc1. The summed E-state index contributed by atoms with van der Waals surface area (Å²) < 4.78 is 10.2. The van der Waals surface area contributed by atoms with Gasteiger partial charge in [-0.25, -0.2) is 19.3 Å². The molecule has 0 atom stereocenters. The van der Waals surface area contributed by atoms with E-state index in [1.54, 1.807) is 7.11 Å². The number of nitrogens with zero attached hydrogens (tertiary/aromatic N) is 4. The van der Waals surface area contributed by atoms with Gasteiger partial charge in [0, 0.05) is 22.3 Å². The van der Waals surface area contributed by atoms with E-state index in [2.05, 4.69) is 88.2 Å². The minimum absolute atomic E-state index is 0.743. The lowest BCUT2D eigenvalue weighted by molar-refractivity contribution is 0.415. The van der Waals surface area contributed by atoms with Gasteiger partial charge in [-0.15, -0.1) is 0 Å². The largest absolute Gasteiger partial charge is 0.496 e. The maximum absolute atomic E-state index is 5.86. The molecule has 5 nitrogen and oxygen atoms in total. The first-order valence-electron chi connectivity index (χ1n) is 13.9. The van der Waals surface area contributed by atoms with Crippen molar-refractivity contribution in [2.45, 2.75) is 0 Å². The van der Waals surface area contributed by atoms with Gasteiger partial charge in [-0.3, -0.25) is 0 Å². The van der Waals surface area contributed by atoms with E-state index >= 15 is 0 Å². The lowest BCUT2D eigenvalue weighted by Gasteiger charge is -2.18. The average Bonchev–Trinajstić information content (AvgIpc) is 3.69. The van der Waals surface area contributed by atoms with Crippen molar-refractivity contribution in [2.24, 2.45) is 0 Å². The molecule has 0 bridgehead atoms. The van der Waals surface area contributed by atoms with Crippen molar-refractivity contribution in [2.75, 3.05) is 7.11 Å². The monoisotopic (exact) mass is 544 g/mol. The molecule has 0 radical (unpaired) electrons. The van der Waals surface area contributed by atoms with Crippen molar-refractivity contribution in [3.05, 3.63) is 152 Å². The van der Waals surface area contributed by atoms with Crippen LogP contribution in [0, 0.1) is 0 Å². The normalized spacial score (nSPS) is 11.0. The molecule has 7 aromatic rings. The van der Waals surface area contributed by atoms with Crippen LogP contribution in [0.3, 0.4) is 0 Å². The highest BCUT2D eigenvalue weighted by molar-refractivity contribution is 5.85. The summed E-state index contributed by atoms with van der Waals surface area (Å²) >= 11 is 0. The Labute approximate surface area is 245 Å². The standard InChI is InChI=1S/C37H28N4O/c1-42-32-25-15-14-24-31(32)37-39-34(28-18-8-3-9-19-28)36(30-22-12-5-13-23-30)41(37)40-26-38-33(27-16-6-2-7-17-27)35(40)29-20-10-4-11-21-29/h2-26H,1H3. The minimum Gasteiger partial charge on any atom is -0.496 e. The summed E-state index contributed by atoms with van der Waals surface area (Å²) in [7, 11) is 1.70. The van der Waals surface area contributed by atoms with Gasteiger partial charge in [-0.2, -0.15) is 0 Å². The summed E-state index contributed by atoms with van der Waals surface area (Å²) in [6.45, 7) is 0. The van der Waals surface area contributed by atoms with Crippen molar-refractivity contribution in [3.8, 4) is 62.2 Å². The number of ether oxygens (including phenoxy) is 1. The molecule has 5 heteroatoms. The number of rotatable bonds is 7. The summed E-state index contributed by atoms with van der Waals surface area (Å²) in [5.74, 6) is 1.49. The van der Waals surface area contributed by atoms with Crippen LogP contribution in [-0.2, 0) is 0 Å². The molecule has 0 fully saturated rings. The third kappa shape index (κ3) is 4.47. The van der Waals surface area contributed by atoms with E-state index in [-0.39, 0.29) is 0 Å². The van der Waals surface area contributed by atoms with Gasteiger partial charge < -0.3 is 4.74 Å². The van der Waals surface area contributed by atoms with Gasteiger partial charge >= 0.3 is 0 Å². The molecule has 7 rings (SSSR count). The molecule has 0 spiro atoms. The Morgan fingerprint density at radius 1 is 0.500 bits per heavy atom. The molecular formula is C37H28N4O. The highest BCUT2D eigenvalue weighted by Gasteiger charge is 2.27. The fourth-order valence-electron chi connectivity index (χ4n) is 5.44. The van der Waals surface area contributed by atoms with Gasteiger partial charge in [0.2, 0.25) is 0 Å². The van der Waals surface area contributed by atoms with E-state index < -0.39 is 0 Å². The molecule has 202 valence electrons. The quantitative estimate of drug-likeness (QED) is 0.202. The van der Waals surface area contributed by atoms with Crippen LogP contribution in [-0.4, -0.2) is 26.4 Å². The fraction of sp³-hybridized carbons (Fsp3) is 0.0270. The van der Waals surface area contributed by atoms with Crippen LogP contribution in [0.1, 0.15) is 0 Å². The Bertz CT molecular complexity index is 1940. The number of methoxy groups -OCH3 is 1. The van der Waals surface area contributed by atoms with E-state index in [4.69, 9.17) is 14.7 Å². The smallest absolute Gasteiger partial charge is 0.164 e. The molecule has 42 heavy (non-hydrogen) atoms. The zero-order valence-electron chi connectivity index (χ0n) is 23.1. The van der Waals surface area contributed by atoms with E-state index in [0.717, 1.165) is 62.2 Å². The number of benzene rings is 5. The van der Waals surface area contributed by atoms with E-state index in [1.165, 1.54) is 0 Å². The molecule has 0 aliphatic carbocycles. The first kappa shape index (κ1) is 25.3. The Morgan fingerprint density at radius 2 is 0.976 bits per heavy atom. The molecule has 0 saturated heterocycles. The number of imidazole rings is 2. The second-order valence-electron chi connectivity index (χ2n) is 9.90. The summed E-state index contributed by atoms with van der Waals surface area (Å²) in [5.41, 5.74) is 8.72. The minimum atomic E-state index is 0.743. The molecule has 0 aliphatic rings. The molecule has 0 aliphatic heterocycles. The number of aromatic nitrogens is 4. The Hall–Kier alpha value is -5.68. The van der Waals surface area contributed by atoms with Gasteiger partial charge in [-0.1, -0.05) is 133 Å². The van der Waals surface area contributed by atoms with Gasteiger partial charge in [0.25, 0.3) is 0 Å². The lowest BCUT2D eigenvalue weighted by Crippen LogP contribution is -2.13. The highest BCUT2D eigenvalue weighted by atomic mass is 16.5. The van der Waals surface area contributed by atoms with Crippen LogP contribution in [0.4, 0.5) is 0 Å². The van der Waals surface area contributed by atoms with Gasteiger partial charge in [-0.05, 0) is 12.1 Å². The first-order chi connectivity index (χ1) is 20.8. The molecule has 0 saturated carbocycles. The number of para-hydroxylation sites is 1. The summed E-state index contributed by atoms with van der Waals surface area (Å²) in [5, 5.41) is 0. The van der Waals surface area contributed by atoms with Crippen LogP contribution < -0.4 is 4.74 Å². The number of hydrogen-bond donors (Lipinski definition) is 0. The third-order valence-electron chi connectivity index (χ3n) is 7.36. The maximum atomic E-state index is 5.86. The van der Waals surface area contributed by atoms with Crippen molar-refractivity contribution in [1.29, 1.82) is 0 Å². The molecule has 0 amide bonds. The predicted octanol–water partition coefficient (Wildman–Crippen LogP) is 8.73. The van der Waals surface area contributed by atoms with Crippen LogP contribution in [0.25, 0.3) is 56.4 Å². The summed E-state index contributed by atoms with van der Waals surface area (Å²) in [4.78, 5) is 10.4. The average molecular weight is 545 g/mol. The van der Waals surface area contributed by atoms with Crippen LogP contribution in [0.15, 0.2) is 152 Å². The Kier molecular flexibility index (Phi) is 6.66. The molecular weight excluding hydrogens is 516 g/mol. The molecule has 2 aromatic heterocycles. The van der Waals surface area contributed by atoms with Crippen molar-refractivity contribution in [1.82, 2.24) is 19.3 Å². The van der Waals surface area contributed by atoms with Gasteiger partial charge in [0.05, 0.1) is 35.4 Å². The topological polar surface area (TPSA) is 44.9 Å². The molecule has 2 heterocycles. The van der Waals surface area contributed by atoms with Crippen molar-refractivity contribution >= 4 is 0 Å². The van der Waals surface area contributed by atoms with Gasteiger partial charge in [0.1, 0.15) is 12.1 Å². The second kappa shape index (κ2) is 11.1. The van der Waals surface area contributed by atoms with Crippen LogP contribution >= 0.6 is 0 Å². The zero-order valence-corrected chi connectivity index (χ0v) is 23.1. The lowest BCUT2D eigenvalue weighted by atomic mass is 10.0. The maximum Gasteiger partial charge on any atom is 0.164 e. The van der Waals surface area contributed by atoms with E-state index in [1.807, 2.05) is 73.1 Å². The van der Waals surface area contributed by atoms with Crippen molar-refractivity contribution in [3.63, 3.8) is 0 Å². The third-order valence-corrected chi connectivity index (χ3v) is 7.36. The highest BCUT2D eigenvalue weighted by Crippen LogP contribution is 2.41. The van der Waals surface area contributed by atoms with E-state index in [0.29, 0.717) is 0 Å². The van der Waals surface area contributed by atoms with Crippen LogP contribution in [0.2, 0.25) is 0 Å².